The van der Waals surface area contributed by atoms with Gasteiger partial charge in [-0.25, -0.2) is 0 Å². The van der Waals surface area contributed by atoms with Crippen LogP contribution in [0.1, 0.15) is 38.5 Å². The molecule has 0 aromatic heterocycles. The Labute approximate surface area is 108 Å². The highest BCUT2D eigenvalue weighted by Gasteiger charge is 2.34. The predicted molar refractivity (Wildman–Crippen MR) is 66.6 cm³/mol. The fourth-order valence-electron chi connectivity index (χ4n) is 2.78. The largest absolute Gasteiger partial charge is 0.390 e. The molecule has 1 aliphatic carbocycles. The topological polar surface area (TPSA) is 76.4 Å². The molecule has 1 saturated heterocycles. The van der Waals surface area contributed by atoms with E-state index >= 15 is 0 Å². The Morgan fingerprint density at radius 2 is 1.94 bits per heavy atom. The van der Waals surface area contributed by atoms with Crippen LogP contribution in [0.15, 0.2) is 0 Å². The number of carbonyl (C=O) groups is 1. The van der Waals surface area contributed by atoms with Crippen LogP contribution in [0.3, 0.4) is 0 Å². The predicted octanol–water partition coefficient (Wildman–Crippen LogP) is 0.396. The molecule has 0 spiro atoms. The zero-order chi connectivity index (χ0) is 13.0. The monoisotopic (exact) mass is 251 g/mol. The van der Waals surface area contributed by atoms with Crippen LogP contribution in [0, 0.1) is 11.3 Å². The second-order valence-electron chi connectivity index (χ2n) is 5.50. The van der Waals surface area contributed by atoms with Crippen LogP contribution in [-0.2, 0) is 4.79 Å². The Hall–Kier alpha value is -1.12. The summed E-state index contributed by atoms with van der Waals surface area (Å²) in [5, 5.41) is 21.4. The molecule has 5 nitrogen and oxygen atoms in total. The van der Waals surface area contributed by atoms with Gasteiger partial charge in [0.15, 0.2) is 0 Å². The quantitative estimate of drug-likeness (QED) is 0.712. The lowest BCUT2D eigenvalue weighted by atomic mass is 9.92. The van der Waals surface area contributed by atoms with E-state index in [0.717, 1.165) is 38.5 Å². The number of rotatable bonds is 3. The number of amides is 1. The van der Waals surface area contributed by atoms with E-state index in [1.807, 2.05) is 4.90 Å². The zero-order valence-corrected chi connectivity index (χ0v) is 10.7. The molecule has 1 aliphatic heterocycles. The molecule has 2 fully saturated rings. The average molecular weight is 251 g/mol. The number of nitrogens with one attached hydrogen (secondary N) is 1. The van der Waals surface area contributed by atoms with Gasteiger partial charge in [0.25, 0.3) is 0 Å². The number of nitriles is 1. The fourth-order valence-corrected chi connectivity index (χ4v) is 2.78. The van der Waals surface area contributed by atoms with Crippen LogP contribution in [0.2, 0.25) is 0 Å². The number of likely N-dealkylation sites (tertiary alicyclic amines) is 1. The van der Waals surface area contributed by atoms with Crippen molar-refractivity contribution in [3.63, 3.8) is 0 Å². The summed E-state index contributed by atoms with van der Waals surface area (Å²) in [6.07, 6.45) is 5.55. The zero-order valence-electron chi connectivity index (χ0n) is 10.7. The first kappa shape index (κ1) is 13.3. The van der Waals surface area contributed by atoms with Gasteiger partial charge in [0.1, 0.15) is 5.54 Å². The number of β-amino-alcohol motifs (C(OH)–C–C–N with tert-alkyl or cyclic N) is 1. The minimum Gasteiger partial charge on any atom is -0.390 e. The van der Waals surface area contributed by atoms with Gasteiger partial charge in [-0.05, 0) is 12.8 Å². The molecule has 2 rings (SSSR count). The molecule has 0 aromatic rings. The second-order valence-corrected chi connectivity index (χ2v) is 5.50. The van der Waals surface area contributed by atoms with Gasteiger partial charge in [-0.1, -0.05) is 25.7 Å². The third-order valence-electron chi connectivity index (χ3n) is 3.85. The van der Waals surface area contributed by atoms with E-state index in [0.29, 0.717) is 19.6 Å². The number of hydrogen-bond acceptors (Lipinski definition) is 4. The summed E-state index contributed by atoms with van der Waals surface area (Å²) in [4.78, 5) is 13.8. The summed E-state index contributed by atoms with van der Waals surface area (Å²) in [7, 11) is 0. The van der Waals surface area contributed by atoms with Crippen molar-refractivity contribution >= 4 is 5.91 Å². The number of hydrogen-bond donors (Lipinski definition) is 2. The van der Waals surface area contributed by atoms with Gasteiger partial charge in [-0.3, -0.25) is 9.69 Å². The van der Waals surface area contributed by atoms with Crippen molar-refractivity contribution in [1.29, 1.82) is 5.26 Å². The lowest BCUT2D eigenvalue weighted by molar-refractivity contribution is -0.126. The maximum Gasteiger partial charge on any atom is 0.235 e. The van der Waals surface area contributed by atoms with Crippen LogP contribution in [0.25, 0.3) is 0 Å². The van der Waals surface area contributed by atoms with Crippen molar-refractivity contribution in [3.8, 4) is 6.07 Å². The normalized spacial score (nSPS) is 24.7. The molecule has 0 atom stereocenters. The molecule has 1 heterocycles. The van der Waals surface area contributed by atoms with Gasteiger partial charge in [-0.2, -0.15) is 5.26 Å². The van der Waals surface area contributed by atoms with Crippen molar-refractivity contribution < 1.29 is 9.90 Å². The van der Waals surface area contributed by atoms with Crippen LogP contribution in [-0.4, -0.2) is 47.2 Å². The Morgan fingerprint density at radius 3 is 2.44 bits per heavy atom. The third kappa shape index (κ3) is 3.21. The van der Waals surface area contributed by atoms with Crippen LogP contribution in [0.5, 0.6) is 0 Å². The molecule has 1 amide bonds. The maximum atomic E-state index is 11.9. The molecular formula is C13H21N3O2. The highest BCUT2D eigenvalue weighted by molar-refractivity contribution is 5.79. The Kier molecular flexibility index (Phi) is 4.20. The molecule has 100 valence electrons. The van der Waals surface area contributed by atoms with Crippen molar-refractivity contribution in [2.75, 3.05) is 19.6 Å². The number of carbonyl (C=O) groups excluding carboxylic acids is 1. The summed E-state index contributed by atoms with van der Waals surface area (Å²) >= 11 is 0. The number of aliphatic hydroxyl groups excluding tert-OH is 1. The standard InChI is InChI=1S/C13H21N3O2/c14-10-13(5-3-1-2-4-6-13)15-12(18)9-16-7-11(17)8-16/h11,17H,1-9H2,(H,15,18). The van der Waals surface area contributed by atoms with Crippen LogP contribution >= 0.6 is 0 Å². The van der Waals surface area contributed by atoms with E-state index in [1.54, 1.807) is 0 Å². The van der Waals surface area contributed by atoms with Gasteiger partial charge in [0.05, 0.1) is 18.7 Å². The van der Waals surface area contributed by atoms with Crippen molar-refractivity contribution in [3.05, 3.63) is 0 Å². The van der Waals surface area contributed by atoms with Gasteiger partial charge in [-0.15, -0.1) is 0 Å². The first-order valence-electron chi connectivity index (χ1n) is 6.76. The molecule has 5 heteroatoms. The Bertz CT molecular complexity index is 337. The summed E-state index contributed by atoms with van der Waals surface area (Å²) in [5.41, 5.74) is -0.656. The van der Waals surface area contributed by atoms with E-state index in [2.05, 4.69) is 11.4 Å². The smallest absolute Gasteiger partial charge is 0.235 e. The minimum absolute atomic E-state index is 0.0923. The fraction of sp³-hybridized carbons (Fsp3) is 0.846. The first-order chi connectivity index (χ1) is 8.63. The van der Waals surface area contributed by atoms with Crippen molar-refractivity contribution in [1.82, 2.24) is 10.2 Å². The summed E-state index contributed by atoms with van der Waals surface area (Å²) in [6.45, 7) is 1.42. The van der Waals surface area contributed by atoms with Gasteiger partial charge < -0.3 is 10.4 Å². The second kappa shape index (κ2) is 5.68. The van der Waals surface area contributed by atoms with Crippen LogP contribution in [0.4, 0.5) is 0 Å². The van der Waals surface area contributed by atoms with E-state index in [1.165, 1.54) is 0 Å². The summed E-state index contributed by atoms with van der Waals surface area (Å²) in [5.74, 6) is -0.0923. The Balaban J connectivity index is 1.85. The Morgan fingerprint density at radius 1 is 1.33 bits per heavy atom. The number of aliphatic hydroxyl groups is 1. The molecule has 1 saturated carbocycles. The lowest BCUT2D eigenvalue weighted by Gasteiger charge is -2.36. The van der Waals surface area contributed by atoms with E-state index < -0.39 is 5.54 Å². The molecule has 0 bridgehead atoms. The van der Waals surface area contributed by atoms with Crippen molar-refractivity contribution in [2.24, 2.45) is 0 Å². The summed E-state index contributed by atoms with van der Waals surface area (Å²) < 4.78 is 0. The van der Waals surface area contributed by atoms with E-state index in [4.69, 9.17) is 5.11 Å². The molecule has 18 heavy (non-hydrogen) atoms. The highest BCUT2D eigenvalue weighted by atomic mass is 16.3. The van der Waals surface area contributed by atoms with Gasteiger partial charge >= 0.3 is 0 Å². The SMILES string of the molecule is N#CC1(NC(=O)CN2CC(O)C2)CCCCCC1. The first-order valence-corrected chi connectivity index (χ1v) is 6.76. The van der Waals surface area contributed by atoms with Gasteiger partial charge in [0, 0.05) is 13.1 Å². The maximum absolute atomic E-state index is 11.9. The number of nitrogens with zero attached hydrogens (tertiary/aromatic N) is 2. The summed E-state index contributed by atoms with van der Waals surface area (Å²) in [6, 6.07) is 2.31. The molecular weight excluding hydrogens is 230 g/mol. The molecule has 2 aliphatic rings. The molecule has 2 N–H and O–H groups in total. The molecule has 0 unspecified atom stereocenters. The van der Waals surface area contributed by atoms with Crippen LogP contribution < -0.4 is 5.32 Å². The van der Waals surface area contributed by atoms with E-state index in [-0.39, 0.29) is 12.0 Å². The minimum atomic E-state index is -0.656. The average Bonchev–Trinajstić information content (AvgIpc) is 2.53. The molecule has 0 aromatic carbocycles. The van der Waals surface area contributed by atoms with Crippen molar-refractivity contribution in [2.45, 2.75) is 50.2 Å². The lowest BCUT2D eigenvalue weighted by Crippen LogP contribution is -2.56. The van der Waals surface area contributed by atoms with Gasteiger partial charge in [0.2, 0.25) is 5.91 Å². The third-order valence-corrected chi connectivity index (χ3v) is 3.85. The van der Waals surface area contributed by atoms with E-state index in [9.17, 15) is 10.1 Å². The highest BCUT2D eigenvalue weighted by Crippen LogP contribution is 2.26. The molecule has 0 radical (unpaired) electrons.